The lowest BCUT2D eigenvalue weighted by Gasteiger charge is -2.62. The Kier molecular flexibility index (Phi) is 13.4. The van der Waals surface area contributed by atoms with Gasteiger partial charge >= 0.3 is 11.9 Å². The predicted molar refractivity (Wildman–Crippen MR) is 205 cm³/mol. The largest absolute Gasteiger partial charge is 0.508 e. The summed E-state index contributed by atoms with van der Waals surface area (Å²) in [4.78, 5) is 24.7. The van der Waals surface area contributed by atoms with Gasteiger partial charge in [0.1, 0.15) is 17.1 Å². The van der Waals surface area contributed by atoms with E-state index < -0.39 is 5.60 Å². The summed E-state index contributed by atoms with van der Waals surface area (Å²) < 4.78 is 21.7. The van der Waals surface area contributed by atoms with E-state index in [1.54, 1.807) is 19.2 Å². The third-order valence-electron chi connectivity index (χ3n) is 13.8. The van der Waals surface area contributed by atoms with Crippen molar-refractivity contribution < 1.29 is 33.6 Å². The number of hydrogen-bond acceptors (Lipinski definition) is 7. The molecule has 2 aromatic carbocycles. The second-order valence-electron chi connectivity index (χ2n) is 17.3. The Morgan fingerprint density at radius 1 is 0.865 bits per heavy atom. The highest BCUT2D eigenvalue weighted by Crippen LogP contribution is 2.65. The van der Waals surface area contributed by atoms with Crippen LogP contribution < -0.4 is 4.74 Å². The number of benzene rings is 2. The van der Waals surface area contributed by atoms with E-state index in [0.717, 1.165) is 55.1 Å². The monoisotopic (exact) mass is 718 g/mol. The number of aromatic hydroxyl groups is 1. The van der Waals surface area contributed by atoms with Gasteiger partial charge in [0.25, 0.3) is 0 Å². The van der Waals surface area contributed by atoms with Crippen molar-refractivity contribution >= 4 is 11.9 Å². The molecule has 7 heteroatoms. The zero-order valence-corrected chi connectivity index (χ0v) is 33.2. The van der Waals surface area contributed by atoms with Gasteiger partial charge < -0.3 is 24.1 Å². The molecule has 0 amide bonds. The number of phenolic OH excluding ortho intramolecular Hbond substituents is 1. The van der Waals surface area contributed by atoms with Gasteiger partial charge in [0.2, 0.25) is 0 Å². The first-order chi connectivity index (χ1) is 24.8. The average Bonchev–Trinajstić information content (AvgIpc) is 3.11. The van der Waals surface area contributed by atoms with Crippen LogP contribution >= 0.6 is 0 Å². The zero-order chi connectivity index (χ0) is 37.6. The molecular weight excluding hydrogens is 652 g/mol. The normalized spacial score (nSPS) is 30.6. The van der Waals surface area contributed by atoms with Gasteiger partial charge in [0.05, 0.1) is 18.9 Å². The molecular formula is C45H66O7. The minimum absolute atomic E-state index is 0.0706. The molecule has 4 bridgehead atoms. The van der Waals surface area contributed by atoms with Crippen LogP contribution in [0.15, 0.2) is 48.5 Å². The second-order valence-corrected chi connectivity index (χ2v) is 17.3. The van der Waals surface area contributed by atoms with Crippen LogP contribution in [0.4, 0.5) is 0 Å². The van der Waals surface area contributed by atoms with Crippen LogP contribution in [0.5, 0.6) is 11.5 Å². The number of carbonyl (C=O) groups excluding carboxylic acids is 2. The predicted octanol–water partition coefficient (Wildman–Crippen LogP) is 10.6. The Morgan fingerprint density at radius 2 is 1.46 bits per heavy atom. The lowest BCUT2D eigenvalue weighted by atomic mass is 9.43. The molecule has 7 nitrogen and oxygen atoms in total. The Hall–Kier alpha value is -3.06. The van der Waals surface area contributed by atoms with Gasteiger partial charge in [-0.3, -0.25) is 9.59 Å². The minimum Gasteiger partial charge on any atom is -0.508 e. The van der Waals surface area contributed by atoms with Crippen LogP contribution in [-0.4, -0.2) is 42.7 Å². The first-order valence-corrected chi connectivity index (χ1v) is 20.2. The van der Waals surface area contributed by atoms with Crippen molar-refractivity contribution in [3.05, 3.63) is 59.7 Å². The number of esters is 2. The summed E-state index contributed by atoms with van der Waals surface area (Å²) in [6, 6.07) is 15.9. The maximum atomic E-state index is 13.0. The van der Waals surface area contributed by atoms with Crippen LogP contribution in [0.1, 0.15) is 142 Å². The van der Waals surface area contributed by atoms with Gasteiger partial charge in [0, 0.05) is 13.5 Å². The van der Waals surface area contributed by atoms with E-state index >= 15 is 0 Å². The van der Waals surface area contributed by atoms with Crippen LogP contribution in [0, 0.1) is 40.9 Å². The van der Waals surface area contributed by atoms with Crippen LogP contribution in [0.3, 0.4) is 0 Å². The standard InChI is InChI=1S/C24H38O4.C21H28O3/c1-5-18(22(26)28-23(3)6-7-27-21(25)14-23)8-15(2)24(4)19-10-16-9-17(12-19)13-20(24)11-16;1-5-17(19-6-10-20(22)11-7-19)14-15(2)18-8-12-21(13-9-18)24-16(3)23-4/h15-20H,5-14H2,1-4H3;6-13,15-17,22H,5,14H2,1-4H3. The maximum absolute atomic E-state index is 13.0. The summed E-state index contributed by atoms with van der Waals surface area (Å²) in [7, 11) is 1.63. The molecule has 5 aliphatic rings. The van der Waals surface area contributed by atoms with E-state index in [4.69, 9.17) is 18.9 Å². The van der Waals surface area contributed by atoms with Gasteiger partial charge in [-0.2, -0.15) is 0 Å². The first kappa shape index (κ1) is 40.1. The molecule has 288 valence electrons. The third kappa shape index (κ3) is 9.53. The van der Waals surface area contributed by atoms with Crippen LogP contribution in [-0.2, 0) is 23.8 Å². The molecule has 1 aliphatic heterocycles. The second kappa shape index (κ2) is 17.4. The van der Waals surface area contributed by atoms with Gasteiger partial charge in [-0.15, -0.1) is 0 Å². The summed E-state index contributed by atoms with van der Waals surface area (Å²) in [6.45, 7) is 15.6. The molecule has 2 aromatic rings. The summed E-state index contributed by atoms with van der Waals surface area (Å²) in [5, 5.41) is 9.46. The number of hydrogen-bond donors (Lipinski definition) is 1. The molecule has 4 saturated carbocycles. The van der Waals surface area contributed by atoms with Crippen molar-refractivity contribution in [2.45, 2.75) is 143 Å². The van der Waals surface area contributed by atoms with Crippen molar-refractivity contribution in [1.29, 1.82) is 0 Å². The van der Waals surface area contributed by atoms with E-state index in [0.29, 0.717) is 41.9 Å². The van der Waals surface area contributed by atoms with Crippen molar-refractivity contribution in [1.82, 2.24) is 0 Å². The molecule has 0 spiro atoms. The highest BCUT2D eigenvalue weighted by Gasteiger charge is 2.56. The lowest BCUT2D eigenvalue weighted by molar-refractivity contribution is -0.180. The van der Waals surface area contributed by atoms with Gasteiger partial charge in [-0.25, -0.2) is 0 Å². The Balaban J connectivity index is 0.000000204. The Bertz CT molecular complexity index is 1420. The SMILES string of the molecule is CCC(CC(C)C1(C)C2CC3CC(C2)CC1C3)C(=O)OC1(C)CCOC(=O)C1.CCC(CC(C)c1ccc(OC(C)OC)cc1)c1ccc(O)cc1. The summed E-state index contributed by atoms with van der Waals surface area (Å²) >= 11 is 0. The molecule has 1 N–H and O–H groups in total. The van der Waals surface area contributed by atoms with E-state index in [2.05, 4.69) is 46.8 Å². The third-order valence-corrected chi connectivity index (χ3v) is 13.8. The Labute approximate surface area is 313 Å². The molecule has 7 rings (SSSR count). The average molecular weight is 719 g/mol. The number of rotatable bonds is 14. The molecule has 1 heterocycles. The quantitative estimate of drug-likeness (QED) is 0.154. The molecule has 5 fully saturated rings. The number of carbonyl (C=O) groups is 2. The number of cyclic esters (lactones) is 1. The minimum atomic E-state index is -0.699. The number of methoxy groups -OCH3 is 1. The molecule has 1 saturated heterocycles. The van der Waals surface area contributed by atoms with Crippen molar-refractivity contribution in [3.8, 4) is 11.5 Å². The fourth-order valence-corrected chi connectivity index (χ4v) is 10.3. The topological polar surface area (TPSA) is 91.3 Å². The molecule has 0 radical (unpaired) electrons. The summed E-state index contributed by atoms with van der Waals surface area (Å²) in [5.74, 6) is 5.82. The van der Waals surface area contributed by atoms with Crippen molar-refractivity contribution in [2.75, 3.05) is 13.7 Å². The van der Waals surface area contributed by atoms with E-state index in [-0.39, 0.29) is 30.6 Å². The molecule has 0 aromatic heterocycles. The smallest absolute Gasteiger partial charge is 0.309 e. The number of phenols is 1. The summed E-state index contributed by atoms with van der Waals surface area (Å²) in [5.41, 5.74) is 2.27. The van der Waals surface area contributed by atoms with Crippen molar-refractivity contribution in [2.24, 2.45) is 40.9 Å². The van der Waals surface area contributed by atoms with Gasteiger partial charge in [-0.1, -0.05) is 58.9 Å². The van der Waals surface area contributed by atoms with Crippen LogP contribution in [0.25, 0.3) is 0 Å². The highest BCUT2D eigenvalue weighted by atomic mass is 16.7. The van der Waals surface area contributed by atoms with E-state index in [1.807, 2.05) is 38.1 Å². The maximum Gasteiger partial charge on any atom is 0.309 e. The molecule has 4 aliphatic carbocycles. The number of ether oxygens (including phenoxy) is 4. The van der Waals surface area contributed by atoms with Gasteiger partial charge in [-0.05, 0) is 154 Å². The molecule has 52 heavy (non-hydrogen) atoms. The fraction of sp³-hybridized carbons (Fsp3) is 0.689. The molecule has 6 unspecified atom stereocenters. The fourth-order valence-electron chi connectivity index (χ4n) is 10.3. The first-order valence-electron chi connectivity index (χ1n) is 20.2. The van der Waals surface area contributed by atoms with Gasteiger partial charge in [0.15, 0.2) is 6.29 Å². The van der Waals surface area contributed by atoms with Crippen molar-refractivity contribution in [3.63, 3.8) is 0 Å². The van der Waals surface area contributed by atoms with E-state index in [1.165, 1.54) is 43.2 Å². The highest BCUT2D eigenvalue weighted by molar-refractivity contribution is 5.75. The van der Waals surface area contributed by atoms with E-state index in [9.17, 15) is 14.7 Å². The molecule has 6 atom stereocenters. The lowest BCUT2D eigenvalue weighted by Crippen LogP contribution is -2.54. The van der Waals surface area contributed by atoms with Crippen LogP contribution in [0.2, 0.25) is 0 Å². The summed E-state index contributed by atoms with van der Waals surface area (Å²) in [6.07, 6.45) is 11.5. The zero-order valence-electron chi connectivity index (χ0n) is 33.2. The Morgan fingerprint density at radius 3 is 2.00 bits per heavy atom.